The third-order valence-corrected chi connectivity index (χ3v) is 6.15. The molecule has 26 heavy (non-hydrogen) atoms. The van der Waals surface area contributed by atoms with Crippen LogP contribution in [0.25, 0.3) is 0 Å². The zero-order valence-electron chi connectivity index (χ0n) is 14.2. The van der Waals surface area contributed by atoms with Crippen LogP contribution in [0.4, 0.5) is 11.4 Å². The minimum Gasteiger partial charge on any atom is -0.397 e. The van der Waals surface area contributed by atoms with E-state index in [1.807, 2.05) is 0 Å². The zero-order chi connectivity index (χ0) is 17.9. The molecule has 1 aliphatic rings. The average molecular weight is 396 g/mol. The SMILES string of the molecule is Cl.Nc1ccccc1NC(=O)c1cccc(S(=O)(=O)N2CCCCC2)c1. The molecule has 0 atom stereocenters. The quantitative estimate of drug-likeness (QED) is 0.778. The molecule has 8 heteroatoms. The minimum absolute atomic E-state index is 0. The van der Waals surface area contributed by atoms with Crippen LogP contribution in [0.2, 0.25) is 0 Å². The third kappa shape index (κ3) is 4.35. The first kappa shape index (κ1) is 20.2. The molecule has 1 saturated heterocycles. The second-order valence-electron chi connectivity index (χ2n) is 6.03. The summed E-state index contributed by atoms with van der Waals surface area (Å²) >= 11 is 0. The number of hydrogen-bond acceptors (Lipinski definition) is 4. The molecule has 3 rings (SSSR count). The van der Waals surface area contributed by atoms with Crippen molar-refractivity contribution in [2.24, 2.45) is 0 Å². The lowest BCUT2D eigenvalue weighted by Crippen LogP contribution is -2.35. The fourth-order valence-electron chi connectivity index (χ4n) is 2.86. The Labute approximate surface area is 159 Å². The normalized spacial score (nSPS) is 15.1. The molecule has 1 amide bonds. The van der Waals surface area contributed by atoms with Crippen molar-refractivity contribution in [1.82, 2.24) is 4.31 Å². The van der Waals surface area contributed by atoms with Gasteiger partial charge < -0.3 is 11.1 Å². The van der Waals surface area contributed by atoms with Gasteiger partial charge in [-0.05, 0) is 43.2 Å². The van der Waals surface area contributed by atoms with Gasteiger partial charge in [0.05, 0.1) is 16.3 Å². The highest BCUT2D eigenvalue weighted by atomic mass is 35.5. The van der Waals surface area contributed by atoms with E-state index in [-0.39, 0.29) is 22.9 Å². The highest BCUT2D eigenvalue weighted by molar-refractivity contribution is 7.89. The molecule has 0 radical (unpaired) electrons. The van der Waals surface area contributed by atoms with E-state index in [9.17, 15) is 13.2 Å². The van der Waals surface area contributed by atoms with Gasteiger partial charge in [0, 0.05) is 18.7 Å². The van der Waals surface area contributed by atoms with Gasteiger partial charge in [-0.15, -0.1) is 12.4 Å². The lowest BCUT2D eigenvalue weighted by Gasteiger charge is -2.26. The third-order valence-electron chi connectivity index (χ3n) is 4.26. The van der Waals surface area contributed by atoms with Crippen LogP contribution >= 0.6 is 12.4 Å². The van der Waals surface area contributed by atoms with Crippen LogP contribution in [0.15, 0.2) is 53.4 Å². The molecule has 0 bridgehead atoms. The maximum absolute atomic E-state index is 12.7. The van der Waals surface area contributed by atoms with E-state index in [0.29, 0.717) is 24.5 Å². The summed E-state index contributed by atoms with van der Waals surface area (Å²) in [5.74, 6) is -0.395. The summed E-state index contributed by atoms with van der Waals surface area (Å²) in [7, 11) is -3.57. The lowest BCUT2D eigenvalue weighted by atomic mass is 10.2. The number of halogens is 1. The van der Waals surface area contributed by atoms with Gasteiger partial charge in [0.1, 0.15) is 0 Å². The van der Waals surface area contributed by atoms with Gasteiger partial charge in [-0.2, -0.15) is 4.31 Å². The number of carbonyl (C=O) groups excluding carboxylic acids is 1. The summed E-state index contributed by atoms with van der Waals surface area (Å²) < 4.78 is 27.0. The number of nitrogen functional groups attached to an aromatic ring is 1. The average Bonchev–Trinajstić information content (AvgIpc) is 2.64. The van der Waals surface area contributed by atoms with Crippen LogP contribution in [0.3, 0.4) is 0 Å². The van der Waals surface area contributed by atoms with Crippen LogP contribution in [0.1, 0.15) is 29.6 Å². The fraction of sp³-hybridized carbons (Fsp3) is 0.278. The summed E-state index contributed by atoms with van der Waals surface area (Å²) in [5, 5.41) is 2.71. The van der Waals surface area contributed by atoms with Crippen molar-refractivity contribution in [1.29, 1.82) is 0 Å². The number of anilines is 2. The maximum Gasteiger partial charge on any atom is 0.255 e. The molecule has 6 nitrogen and oxygen atoms in total. The van der Waals surface area contributed by atoms with Crippen LogP contribution in [-0.4, -0.2) is 31.7 Å². The van der Waals surface area contributed by atoms with Gasteiger partial charge in [-0.1, -0.05) is 24.6 Å². The number of carbonyl (C=O) groups is 1. The van der Waals surface area contributed by atoms with Crippen molar-refractivity contribution in [3.63, 3.8) is 0 Å². The highest BCUT2D eigenvalue weighted by Crippen LogP contribution is 2.22. The number of hydrogen-bond donors (Lipinski definition) is 2. The van der Waals surface area contributed by atoms with Crippen LogP contribution in [0.5, 0.6) is 0 Å². The summed E-state index contributed by atoms with van der Waals surface area (Å²) in [6, 6.07) is 13.0. The molecule has 140 valence electrons. The molecule has 0 spiro atoms. The highest BCUT2D eigenvalue weighted by Gasteiger charge is 2.26. The van der Waals surface area contributed by atoms with Gasteiger partial charge in [-0.25, -0.2) is 8.42 Å². The first-order valence-corrected chi connectivity index (χ1v) is 9.68. The number of sulfonamides is 1. The number of nitrogens with one attached hydrogen (secondary N) is 1. The second kappa shape index (κ2) is 8.53. The van der Waals surface area contributed by atoms with Crippen molar-refractivity contribution in [3.8, 4) is 0 Å². The van der Waals surface area contributed by atoms with Gasteiger partial charge in [-0.3, -0.25) is 4.79 Å². The summed E-state index contributed by atoms with van der Waals surface area (Å²) in [5.41, 5.74) is 7.05. The molecule has 0 aliphatic carbocycles. The Morgan fingerprint density at radius 2 is 1.69 bits per heavy atom. The first-order valence-electron chi connectivity index (χ1n) is 8.24. The molecule has 0 unspecified atom stereocenters. The standard InChI is InChI=1S/C18H21N3O3S.ClH/c19-16-9-2-3-10-17(16)20-18(22)14-7-6-8-15(13-14)25(23,24)21-11-4-1-5-12-21;/h2-3,6-10,13H,1,4-5,11-12,19H2,(H,20,22);1H. The summed E-state index contributed by atoms with van der Waals surface area (Å²) in [6.45, 7) is 1.05. The molecule has 1 aliphatic heterocycles. The van der Waals surface area contributed by atoms with E-state index in [2.05, 4.69) is 5.32 Å². The number of amides is 1. The van der Waals surface area contributed by atoms with Crippen molar-refractivity contribution in [3.05, 3.63) is 54.1 Å². The summed E-state index contributed by atoms with van der Waals surface area (Å²) in [4.78, 5) is 12.6. The Balaban J connectivity index is 0.00000243. The van der Waals surface area contributed by atoms with Crippen LogP contribution < -0.4 is 11.1 Å². The second-order valence-corrected chi connectivity index (χ2v) is 7.97. The molecule has 3 N–H and O–H groups in total. The van der Waals surface area contributed by atoms with Crippen LogP contribution in [0, 0.1) is 0 Å². The molecule has 1 fully saturated rings. The molecular formula is C18H22ClN3O3S. The fourth-order valence-corrected chi connectivity index (χ4v) is 4.42. The van der Waals surface area contributed by atoms with E-state index in [1.165, 1.54) is 16.4 Å². The first-order chi connectivity index (χ1) is 12.0. The van der Waals surface area contributed by atoms with Crippen molar-refractivity contribution in [2.45, 2.75) is 24.2 Å². The number of rotatable bonds is 4. The maximum atomic E-state index is 12.7. The number of nitrogens with zero attached hydrogens (tertiary/aromatic N) is 1. The molecule has 1 heterocycles. The van der Waals surface area contributed by atoms with E-state index in [4.69, 9.17) is 5.73 Å². The number of benzene rings is 2. The number of piperidine rings is 1. The van der Waals surface area contributed by atoms with Gasteiger partial charge in [0.15, 0.2) is 0 Å². The van der Waals surface area contributed by atoms with Crippen molar-refractivity contribution < 1.29 is 13.2 Å². The number of nitrogens with two attached hydrogens (primary N) is 1. The van der Waals surface area contributed by atoms with Crippen molar-refractivity contribution in [2.75, 3.05) is 24.1 Å². The van der Waals surface area contributed by atoms with Gasteiger partial charge >= 0.3 is 0 Å². The minimum atomic E-state index is -3.57. The Morgan fingerprint density at radius 3 is 2.38 bits per heavy atom. The molecule has 0 saturated carbocycles. The monoisotopic (exact) mass is 395 g/mol. The predicted molar refractivity (Wildman–Crippen MR) is 105 cm³/mol. The zero-order valence-corrected chi connectivity index (χ0v) is 15.9. The Kier molecular flexibility index (Phi) is 6.63. The van der Waals surface area contributed by atoms with Crippen LogP contribution in [-0.2, 0) is 10.0 Å². The predicted octanol–water partition coefficient (Wildman–Crippen LogP) is 3.12. The van der Waals surface area contributed by atoms with Crippen molar-refractivity contribution >= 4 is 39.7 Å². The lowest BCUT2D eigenvalue weighted by molar-refractivity contribution is 0.102. The van der Waals surface area contributed by atoms with E-state index >= 15 is 0 Å². The Hall–Kier alpha value is -2.09. The molecule has 2 aromatic rings. The van der Waals surface area contributed by atoms with E-state index < -0.39 is 15.9 Å². The van der Waals surface area contributed by atoms with Gasteiger partial charge in [0.25, 0.3) is 5.91 Å². The largest absolute Gasteiger partial charge is 0.397 e. The molecule has 2 aromatic carbocycles. The van der Waals surface area contributed by atoms with E-state index in [1.54, 1.807) is 36.4 Å². The van der Waals surface area contributed by atoms with Gasteiger partial charge in [0.2, 0.25) is 10.0 Å². The molecule has 0 aromatic heterocycles. The Bertz CT molecular complexity index is 881. The number of para-hydroxylation sites is 2. The summed E-state index contributed by atoms with van der Waals surface area (Å²) in [6.07, 6.45) is 2.78. The molecular weight excluding hydrogens is 374 g/mol. The van der Waals surface area contributed by atoms with E-state index in [0.717, 1.165) is 19.3 Å². The smallest absolute Gasteiger partial charge is 0.255 e. The Morgan fingerprint density at radius 1 is 1.00 bits per heavy atom. The topological polar surface area (TPSA) is 92.5 Å².